The lowest BCUT2D eigenvalue weighted by Gasteiger charge is -2.19. The molecule has 2 N–H and O–H groups in total. The minimum absolute atomic E-state index is 0.112. The van der Waals surface area contributed by atoms with E-state index in [0.717, 1.165) is 11.3 Å². The Morgan fingerprint density at radius 1 is 0.971 bits per heavy atom. The van der Waals surface area contributed by atoms with Gasteiger partial charge in [-0.3, -0.25) is 9.10 Å². The number of anilines is 1. The van der Waals surface area contributed by atoms with Crippen LogP contribution in [0, 0.1) is 0 Å². The van der Waals surface area contributed by atoms with E-state index in [2.05, 4.69) is 15.3 Å². The number of sulfonamides is 1. The van der Waals surface area contributed by atoms with Crippen molar-refractivity contribution in [2.24, 2.45) is 0 Å². The normalized spacial score (nSPS) is 12.2. The van der Waals surface area contributed by atoms with Crippen LogP contribution in [0.5, 0.6) is 0 Å². The zero-order chi connectivity index (χ0) is 24.1. The molecular weight excluding hydrogens is 448 g/mol. The maximum atomic E-state index is 13.0. The molecule has 4 aromatic rings. The van der Waals surface area contributed by atoms with Crippen molar-refractivity contribution in [3.63, 3.8) is 0 Å². The fourth-order valence-corrected chi connectivity index (χ4v) is 4.79. The van der Waals surface area contributed by atoms with Gasteiger partial charge >= 0.3 is 0 Å². The molecule has 3 aromatic carbocycles. The number of nitrogens with zero attached hydrogens (tertiary/aromatic N) is 2. The van der Waals surface area contributed by atoms with E-state index in [-0.39, 0.29) is 16.8 Å². The Labute approximate surface area is 199 Å². The fourth-order valence-electron chi connectivity index (χ4n) is 3.60. The van der Waals surface area contributed by atoms with Crippen LogP contribution in [-0.4, -0.2) is 31.3 Å². The lowest BCUT2D eigenvalue weighted by Crippen LogP contribution is -2.29. The van der Waals surface area contributed by atoms with Crippen molar-refractivity contribution >= 4 is 21.6 Å². The summed E-state index contributed by atoms with van der Waals surface area (Å²) in [6.07, 6.45) is 2.39. The van der Waals surface area contributed by atoms with Gasteiger partial charge in [0.2, 0.25) is 0 Å². The van der Waals surface area contributed by atoms with Crippen LogP contribution in [-0.2, 0) is 10.0 Å². The highest BCUT2D eigenvalue weighted by Crippen LogP contribution is 2.23. The Bertz CT molecular complexity index is 1350. The smallest absolute Gasteiger partial charge is 0.264 e. The minimum atomic E-state index is -3.74. The van der Waals surface area contributed by atoms with Crippen molar-refractivity contribution < 1.29 is 13.2 Å². The fraction of sp³-hybridized carbons (Fsp3) is 0.154. The molecule has 0 saturated carbocycles. The minimum Gasteiger partial charge on any atom is -0.342 e. The van der Waals surface area contributed by atoms with Gasteiger partial charge in [-0.1, -0.05) is 55.5 Å². The average Bonchev–Trinajstić information content (AvgIpc) is 3.38. The molecule has 0 bridgehead atoms. The van der Waals surface area contributed by atoms with Gasteiger partial charge in [-0.05, 0) is 48.4 Å². The third-order valence-corrected chi connectivity index (χ3v) is 7.42. The summed E-state index contributed by atoms with van der Waals surface area (Å²) in [5.41, 5.74) is 2.82. The molecular formula is C26H26N4O3S. The molecule has 1 heterocycles. The lowest BCUT2D eigenvalue weighted by molar-refractivity contribution is 0.0933. The second-order valence-corrected chi connectivity index (χ2v) is 9.78. The molecule has 7 nitrogen and oxygen atoms in total. The van der Waals surface area contributed by atoms with Crippen molar-refractivity contribution in [1.82, 2.24) is 15.3 Å². The summed E-state index contributed by atoms with van der Waals surface area (Å²) in [4.78, 5) is 20.7. The van der Waals surface area contributed by atoms with Crippen LogP contribution in [0.15, 0.2) is 96.0 Å². The van der Waals surface area contributed by atoms with Crippen LogP contribution in [0.4, 0.5) is 5.69 Å². The number of nitrogens with one attached hydrogen (secondary N) is 2. The van der Waals surface area contributed by atoms with Gasteiger partial charge in [-0.2, -0.15) is 0 Å². The van der Waals surface area contributed by atoms with E-state index in [1.807, 2.05) is 43.3 Å². The first-order valence-electron chi connectivity index (χ1n) is 11.0. The van der Waals surface area contributed by atoms with Gasteiger partial charge in [0.05, 0.1) is 28.5 Å². The second-order valence-electron chi connectivity index (χ2n) is 7.81. The van der Waals surface area contributed by atoms with E-state index in [9.17, 15) is 13.2 Å². The zero-order valence-electron chi connectivity index (χ0n) is 19.0. The summed E-state index contributed by atoms with van der Waals surface area (Å²) in [5, 5.41) is 2.98. The Kier molecular flexibility index (Phi) is 6.79. The van der Waals surface area contributed by atoms with Crippen LogP contribution in [0.25, 0.3) is 11.3 Å². The number of hydrogen-bond donors (Lipinski definition) is 2. The molecule has 1 amide bonds. The summed E-state index contributed by atoms with van der Waals surface area (Å²) in [6.45, 7) is 1.96. The first kappa shape index (κ1) is 23.3. The van der Waals surface area contributed by atoms with Gasteiger partial charge in [0.15, 0.2) is 0 Å². The number of carbonyl (C=O) groups excluding carboxylic acids is 1. The monoisotopic (exact) mass is 474 g/mol. The number of amides is 1. The van der Waals surface area contributed by atoms with E-state index in [4.69, 9.17) is 0 Å². The number of rotatable bonds is 8. The largest absolute Gasteiger partial charge is 0.342 e. The molecule has 0 fully saturated rings. The Morgan fingerprint density at radius 3 is 2.21 bits per heavy atom. The predicted octanol–water partition coefficient (Wildman–Crippen LogP) is 4.78. The third-order valence-electron chi connectivity index (χ3n) is 5.62. The van der Waals surface area contributed by atoms with Crippen molar-refractivity contribution in [3.8, 4) is 11.3 Å². The van der Waals surface area contributed by atoms with Crippen LogP contribution in [0.3, 0.4) is 0 Å². The first-order valence-corrected chi connectivity index (χ1v) is 12.4. The average molecular weight is 475 g/mol. The van der Waals surface area contributed by atoms with Gasteiger partial charge in [0.25, 0.3) is 15.9 Å². The maximum absolute atomic E-state index is 13.0. The molecule has 0 aliphatic rings. The molecule has 1 aromatic heterocycles. The topological polar surface area (TPSA) is 95.2 Å². The number of hydrogen-bond acceptors (Lipinski definition) is 4. The van der Waals surface area contributed by atoms with E-state index >= 15 is 0 Å². The van der Waals surface area contributed by atoms with Crippen LogP contribution < -0.4 is 9.62 Å². The summed E-state index contributed by atoms with van der Waals surface area (Å²) >= 11 is 0. The van der Waals surface area contributed by atoms with E-state index < -0.39 is 10.0 Å². The lowest BCUT2D eigenvalue weighted by atomic mass is 10.1. The number of aromatic nitrogens is 2. The molecule has 0 spiro atoms. The van der Waals surface area contributed by atoms with Gasteiger partial charge in [0, 0.05) is 12.6 Å². The van der Waals surface area contributed by atoms with E-state index in [1.54, 1.807) is 30.5 Å². The number of para-hydroxylation sites is 1. The molecule has 34 heavy (non-hydrogen) atoms. The van der Waals surface area contributed by atoms with E-state index in [1.165, 1.54) is 35.6 Å². The molecule has 4 rings (SSSR count). The Morgan fingerprint density at radius 2 is 1.59 bits per heavy atom. The van der Waals surface area contributed by atoms with Gasteiger partial charge in [-0.25, -0.2) is 13.4 Å². The Hall–Kier alpha value is -3.91. The molecule has 0 radical (unpaired) electrons. The van der Waals surface area contributed by atoms with Crippen molar-refractivity contribution in [1.29, 1.82) is 0 Å². The van der Waals surface area contributed by atoms with Crippen LogP contribution >= 0.6 is 0 Å². The molecule has 0 aliphatic carbocycles. The molecule has 174 valence electrons. The predicted molar refractivity (Wildman–Crippen MR) is 133 cm³/mol. The number of carbonyl (C=O) groups is 1. The zero-order valence-corrected chi connectivity index (χ0v) is 19.8. The number of aromatic amines is 1. The summed E-state index contributed by atoms with van der Waals surface area (Å²) < 4.78 is 27.1. The molecule has 1 atom stereocenters. The Balaban J connectivity index is 1.47. The van der Waals surface area contributed by atoms with E-state index in [0.29, 0.717) is 23.5 Å². The SMILES string of the molecule is CCC(NC(=O)c1ccc(S(=O)(=O)N(C)c2ccccc2)cc1)c1ncc(-c2ccccc2)[nH]1. The number of H-pyrrole nitrogens is 1. The number of imidazole rings is 1. The number of benzene rings is 3. The first-order chi connectivity index (χ1) is 16.4. The highest BCUT2D eigenvalue weighted by atomic mass is 32.2. The van der Waals surface area contributed by atoms with Crippen LogP contribution in [0.2, 0.25) is 0 Å². The van der Waals surface area contributed by atoms with Gasteiger partial charge in [-0.15, -0.1) is 0 Å². The van der Waals surface area contributed by atoms with Crippen molar-refractivity contribution in [2.75, 3.05) is 11.4 Å². The van der Waals surface area contributed by atoms with Crippen molar-refractivity contribution in [2.45, 2.75) is 24.3 Å². The highest BCUT2D eigenvalue weighted by molar-refractivity contribution is 7.92. The van der Waals surface area contributed by atoms with Gasteiger partial charge < -0.3 is 10.3 Å². The summed E-state index contributed by atoms with van der Waals surface area (Å²) in [7, 11) is -2.24. The second kappa shape index (κ2) is 9.93. The quantitative estimate of drug-likeness (QED) is 0.384. The van der Waals surface area contributed by atoms with Crippen molar-refractivity contribution in [3.05, 3.63) is 103 Å². The summed E-state index contributed by atoms with van der Waals surface area (Å²) in [6, 6.07) is 24.3. The van der Waals surface area contributed by atoms with Gasteiger partial charge in [0.1, 0.15) is 5.82 Å². The summed E-state index contributed by atoms with van der Waals surface area (Å²) in [5.74, 6) is 0.364. The third kappa shape index (κ3) is 4.87. The van der Waals surface area contributed by atoms with Crippen LogP contribution in [0.1, 0.15) is 35.6 Å². The molecule has 0 aliphatic heterocycles. The molecule has 1 unspecified atom stereocenters. The standard InChI is InChI=1S/C26H26N4O3S/c1-3-23(25-27-18-24(28-25)19-10-6-4-7-11-19)29-26(31)20-14-16-22(17-15-20)34(32,33)30(2)21-12-8-5-9-13-21/h4-18,23H,3H2,1-2H3,(H,27,28)(H,29,31). The molecule has 0 saturated heterocycles. The maximum Gasteiger partial charge on any atom is 0.264 e. The molecule has 8 heteroatoms. The highest BCUT2D eigenvalue weighted by Gasteiger charge is 2.22.